The van der Waals surface area contributed by atoms with Crippen molar-refractivity contribution in [3.8, 4) is 22.3 Å². The Labute approximate surface area is 180 Å². The maximum Gasteiger partial charge on any atom is 0.121 e. The van der Waals surface area contributed by atoms with Gasteiger partial charge >= 0.3 is 0 Å². The van der Waals surface area contributed by atoms with Crippen LogP contribution in [0.3, 0.4) is 0 Å². The summed E-state index contributed by atoms with van der Waals surface area (Å²) in [5.74, 6) is 0. The highest BCUT2D eigenvalue weighted by Crippen LogP contribution is 2.56. The third-order valence-corrected chi connectivity index (χ3v) is 10.3. The molecule has 4 aromatic carbocycles. The predicted molar refractivity (Wildman–Crippen MR) is 132 cm³/mol. The molecule has 2 heteroatoms. The van der Waals surface area contributed by atoms with Crippen molar-refractivity contribution in [2.75, 3.05) is 0 Å². The van der Waals surface area contributed by atoms with Crippen LogP contribution in [0, 0.1) is 0 Å². The Morgan fingerprint density at radius 3 is 1.90 bits per heavy atom. The van der Waals surface area contributed by atoms with Crippen molar-refractivity contribution >= 4 is 23.2 Å². The molecular weight excluding hydrogens is 383 g/mol. The highest BCUT2D eigenvalue weighted by Gasteiger charge is 2.35. The molecule has 0 aromatic heterocycles. The Balaban J connectivity index is 2.12. The molecular formula is C28H29OP. The molecule has 0 atom stereocenters. The zero-order chi connectivity index (χ0) is 21.3. The summed E-state index contributed by atoms with van der Waals surface area (Å²) in [7, 11) is -2.61. The van der Waals surface area contributed by atoms with Gasteiger partial charge < -0.3 is 4.57 Å². The molecule has 30 heavy (non-hydrogen) atoms. The minimum atomic E-state index is -2.61. The molecule has 0 amide bonds. The van der Waals surface area contributed by atoms with Crippen molar-refractivity contribution in [2.24, 2.45) is 0 Å². The maximum absolute atomic E-state index is 14.4. The molecule has 0 radical (unpaired) electrons. The van der Waals surface area contributed by atoms with Gasteiger partial charge in [-0.15, -0.1) is 0 Å². The van der Waals surface area contributed by atoms with Crippen LogP contribution in [0.4, 0.5) is 0 Å². The molecule has 0 unspecified atom stereocenters. The summed E-state index contributed by atoms with van der Waals surface area (Å²) in [4.78, 5) is 0. The summed E-state index contributed by atoms with van der Waals surface area (Å²) >= 11 is 0. The van der Waals surface area contributed by atoms with Gasteiger partial charge in [0.15, 0.2) is 0 Å². The zero-order valence-electron chi connectivity index (χ0n) is 18.2. The summed E-state index contributed by atoms with van der Waals surface area (Å²) in [6.07, 6.45) is 0. The van der Waals surface area contributed by atoms with Crippen molar-refractivity contribution in [1.29, 1.82) is 0 Å². The van der Waals surface area contributed by atoms with Crippen molar-refractivity contribution in [3.63, 3.8) is 0 Å². The molecule has 0 fully saturated rings. The quantitative estimate of drug-likeness (QED) is 0.304. The molecule has 4 aromatic rings. The first-order valence-corrected chi connectivity index (χ1v) is 12.6. The second-order valence-corrected chi connectivity index (χ2v) is 12.5. The molecule has 0 aliphatic rings. The van der Waals surface area contributed by atoms with Gasteiger partial charge in [0.2, 0.25) is 0 Å². The highest BCUT2D eigenvalue weighted by atomic mass is 31.2. The summed E-state index contributed by atoms with van der Waals surface area (Å²) in [5, 5.41) is 3.40. The third kappa shape index (κ3) is 3.42. The van der Waals surface area contributed by atoms with E-state index >= 15 is 0 Å². The highest BCUT2D eigenvalue weighted by molar-refractivity contribution is 7.73. The Kier molecular flexibility index (Phi) is 5.67. The number of rotatable bonds is 5. The van der Waals surface area contributed by atoms with Crippen LogP contribution >= 0.6 is 7.14 Å². The molecule has 0 spiro atoms. The van der Waals surface area contributed by atoms with Crippen LogP contribution in [0.2, 0.25) is 0 Å². The van der Waals surface area contributed by atoms with Crippen LogP contribution in [0.1, 0.15) is 27.7 Å². The average Bonchev–Trinajstić information content (AvgIpc) is 2.78. The Morgan fingerprint density at radius 2 is 1.20 bits per heavy atom. The summed E-state index contributed by atoms with van der Waals surface area (Å²) in [5.41, 5.74) is 4.82. The number of benzene rings is 4. The summed E-state index contributed by atoms with van der Waals surface area (Å²) < 4.78 is 14.4. The Hall–Kier alpha value is -2.63. The summed E-state index contributed by atoms with van der Waals surface area (Å²) in [6, 6.07) is 31.8. The van der Waals surface area contributed by atoms with E-state index in [1.807, 2.05) is 12.1 Å². The van der Waals surface area contributed by atoms with Crippen LogP contribution in [-0.4, -0.2) is 11.3 Å². The molecule has 0 aliphatic carbocycles. The maximum atomic E-state index is 14.4. The second-order valence-electron chi connectivity index (χ2n) is 8.49. The Bertz CT molecular complexity index is 1210. The van der Waals surface area contributed by atoms with Gasteiger partial charge in [0.05, 0.1) is 0 Å². The first-order valence-electron chi connectivity index (χ1n) is 10.7. The average molecular weight is 413 g/mol. The third-order valence-electron chi connectivity index (χ3n) is 6.10. The molecule has 0 aliphatic heterocycles. The topological polar surface area (TPSA) is 17.1 Å². The lowest BCUT2D eigenvalue weighted by Crippen LogP contribution is -2.21. The lowest BCUT2D eigenvalue weighted by molar-refractivity contribution is 0.569. The SMILES string of the molecule is CC(C)P(=O)(c1ccccc1-c1c(-c2ccccc2)ccc2ccccc12)C(C)C. The Morgan fingerprint density at radius 1 is 0.600 bits per heavy atom. The molecule has 1 nitrogen and oxygen atoms in total. The first-order chi connectivity index (χ1) is 14.4. The molecule has 0 heterocycles. The second kappa shape index (κ2) is 8.25. The molecule has 0 saturated carbocycles. The minimum Gasteiger partial charge on any atom is -0.318 e. The van der Waals surface area contributed by atoms with E-state index in [9.17, 15) is 4.57 Å². The lowest BCUT2D eigenvalue weighted by atomic mass is 9.90. The van der Waals surface area contributed by atoms with E-state index in [1.54, 1.807) is 0 Å². The van der Waals surface area contributed by atoms with Crippen molar-refractivity contribution in [1.82, 2.24) is 0 Å². The molecule has 0 bridgehead atoms. The largest absolute Gasteiger partial charge is 0.318 e. The van der Waals surface area contributed by atoms with Gasteiger partial charge in [0.1, 0.15) is 7.14 Å². The van der Waals surface area contributed by atoms with E-state index in [1.165, 1.54) is 27.5 Å². The van der Waals surface area contributed by atoms with E-state index in [2.05, 4.69) is 107 Å². The zero-order valence-corrected chi connectivity index (χ0v) is 19.1. The van der Waals surface area contributed by atoms with Gasteiger partial charge in [-0.25, -0.2) is 0 Å². The van der Waals surface area contributed by atoms with Gasteiger partial charge in [0.25, 0.3) is 0 Å². The van der Waals surface area contributed by atoms with E-state index in [0.29, 0.717) is 0 Å². The molecule has 0 N–H and O–H groups in total. The molecule has 152 valence electrons. The fourth-order valence-electron chi connectivity index (χ4n) is 4.56. The van der Waals surface area contributed by atoms with Crippen molar-refractivity contribution in [2.45, 2.75) is 39.0 Å². The van der Waals surface area contributed by atoms with Gasteiger partial charge in [0, 0.05) is 16.6 Å². The molecule has 0 saturated heterocycles. The van der Waals surface area contributed by atoms with E-state index < -0.39 is 7.14 Å². The smallest absolute Gasteiger partial charge is 0.121 e. The first kappa shape index (κ1) is 20.6. The van der Waals surface area contributed by atoms with Crippen molar-refractivity contribution in [3.05, 3.63) is 91.0 Å². The minimum absolute atomic E-state index is 0.0915. The van der Waals surface area contributed by atoms with Crippen LogP contribution in [0.5, 0.6) is 0 Å². The van der Waals surface area contributed by atoms with Crippen LogP contribution in [0.25, 0.3) is 33.0 Å². The fraction of sp³-hybridized carbons (Fsp3) is 0.214. The normalized spacial score (nSPS) is 12.1. The van der Waals surface area contributed by atoms with E-state index in [-0.39, 0.29) is 11.3 Å². The van der Waals surface area contributed by atoms with Gasteiger partial charge in [-0.3, -0.25) is 0 Å². The van der Waals surface area contributed by atoms with E-state index in [0.717, 1.165) is 10.9 Å². The monoisotopic (exact) mass is 412 g/mol. The van der Waals surface area contributed by atoms with Crippen LogP contribution < -0.4 is 5.30 Å². The van der Waals surface area contributed by atoms with Crippen LogP contribution in [0.15, 0.2) is 91.0 Å². The lowest BCUT2D eigenvalue weighted by Gasteiger charge is -2.29. The standard InChI is InChI=1S/C28H29OP/c1-20(2)30(29,21(3)4)27-17-11-10-16-26(27)28-24-15-9-8-14-23(24)18-19-25(28)22-12-6-5-7-13-22/h5-21H,1-4H3. The number of hydrogen-bond donors (Lipinski definition) is 0. The number of hydrogen-bond acceptors (Lipinski definition) is 1. The van der Waals surface area contributed by atoms with Gasteiger partial charge in [-0.1, -0.05) is 119 Å². The van der Waals surface area contributed by atoms with Gasteiger partial charge in [-0.2, -0.15) is 0 Å². The summed E-state index contributed by atoms with van der Waals surface area (Å²) in [6.45, 7) is 8.38. The van der Waals surface area contributed by atoms with Crippen molar-refractivity contribution < 1.29 is 4.57 Å². The predicted octanol–water partition coefficient (Wildman–Crippen LogP) is 7.98. The number of fused-ring (bicyclic) bond motifs is 1. The fourth-order valence-corrected chi connectivity index (χ4v) is 7.75. The van der Waals surface area contributed by atoms with E-state index in [4.69, 9.17) is 0 Å². The molecule has 4 rings (SSSR count). The van der Waals surface area contributed by atoms with Crippen LogP contribution in [-0.2, 0) is 4.57 Å². The van der Waals surface area contributed by atoms with Gasteiger partial charge in [-0.05, 0) is 33.0 Å².